The minimum absolute atomic E-state index is 0.0478. The Balaban J connectivity index is 1.31. The zero-order valence-corrected chi connectivity index (χ0v) is 18.3. The SMILES string of the molecule is COc1cccc(CN2CCC(c3cc(C(=O)N[C@H]4CCCOC4)on3)CC2)c1OC. The van der Waals surface area contributed by atoms with Crippen molar-refractivity contribution in [2.75, 3.05) is 40.5 Å². The van der Waals surface area contributed by atoms with Crippen molar-refractivity contribution in [2.24, 2.45) is 0 Å². The van der Waals surface area contributed by atoms with Gasteiger partial charge in [0.2, 0.25) is 5.76 Å². The van der Waals surface area contributed by atoms with E-state index in [0.717, 1.165) is 74.7 Å². The quantitative estimate of drug-likeness (QED) is 0.724. The molecule has 168 valence electrons. The first kappa shape index (κ1) is 21.6. The molecule has 8 nitrogen and oxygen atoms in total. The van der Waals surface area contributed by atoms with Gasteiger partial charge < -0.3 is 24.1 Å². The molecule has 2 aliphatic rings. The second-order valence-electron chi connectivity index (χ2n) is 8.21. The number of carbonyl (C=O) groups is 1. The van der Waals surface area contributed by atoms with Gasteiger partial charge in [0, 0.05) is 30.7 Å². The number of rotatable bonds is 7. The molecule has 0 aliphatic carbocycles. The number of para-hydroxylation sites is 1. The molecule has 0 spiro atoms. The molecule has 0 unspecified atom stereocenters. The Morgan fingerprint density at radius 1 is 1.23 bits per heavy atom. The predicted molar refractivity (Wildman–Crippen MR) is 115 cm³/mol. The molecule has 1 aromatic heterocycles. The topological polar surface area (TPSA) is 86.1 Å². The fourth-order valence-corrected chi connectivity index (χ4v) is 4.41. The molecule has 0 saturated carbocycles. The van der Waals surface area contributed by atoms with Crippen molar-refractivity contribution in [1.82, 2.24) is 15.4 Å². The third kappa shape index (κ3) is 5.19. The molecule has 1 aromatic carbocycles. The molecule has 2 fully saturated rings. The fraction of sp³-hybridized carbons (Fsp3) is 0.565. The van der Waals surface area contributed by atoms with Crippen LogP contribution in [-0.4, -0.2) is 62.5 Å². The van der Waals surface area contributed by atoms with Crippen LogP contribution in [0.15, 0.2) is 28.8 Å². The number of nitrogens with zero attached hydrogens (tertiary/aromatic N) is 2. The summed E-state index contributed by atoms with van der Waals surface area (Å²) in [6, 6.07) is 7.82. The summed E-state index contributed by atoms with van der Waals surface area (Å²) in [7, 11) is 3.33. The van der Waals surface area contributed by atoms with E-state index in [0.29, 0.717) is 12.5 Å². The van der Waals surface area contributed by atoms with Crippen LogP contribution in [0.4, 0.5) is 0 Å². The number of nitrogens with one attached hydrogen (secondary N) is 1. The molecular weight excluding hydrogens is 398 g/mol. The third-order valence-electron chi connectivity index (χ3n) is 6.13. The summed E-state index contributed by atoms with van der Waals surface area (Å²) in [6.07, 6.45) is 3.84. The monoisotopic (exact) mass is 429 g/mol. The summed E-state index contributed by atoms with van der Waals surface area (Å²) >= 11 is 0. The summed E-state index contributed by atoms with van der Waals surface area (Å²) in [5, 5.41) is 7.17. The Kier molecular flexibility index (Phi) is 7.09. The van der Waals surface area contributed by atoms with Crippen LogP contribution in [-0.2, 0) is 11.3 Å². The van der Waals surface area contributed by atoms with Crippen molar-refractivity contribution in [2.45, 2.75) is 44.2 Å². The van der Waals surface area contributed by atoms with Crippen LogP contribution in [0.2, 0.25) is 0 Å². The molecule has 0 bridgehead atoms. The van der Waals surface area contributed by atoms with Gasteiger partial charge in [-0.2, -0.15) is 0 Å². The lowest BCUT2D eigenvalue weighted by atomic mass is 9.93. The number of amides is 1. The second kappa shape index (κ2) is 10.2. The van der Waals surface area contributed by atoms with Crippen LogP contribution in [0.25, 0.3) is 0 Å². The Bertz CT molecular complexity index is 870. The van der Waals surface area contributed by atoms with Crippen molar-refractivity contribution < 1.29 is 23.5 Å². The number of hydrogen-bond acceptors (Lipinski definition) is 7. The van der Waals surface area contributed by atoms with Crippen molar-refractivity contribution >= 4 is 5.91 Å². The number of aromatic nitrogens is 1. The maximum atomic E-state index is 12.4. The zero-order valence-electron chi connectivity index (χ0n) is 18.3. The van der Waals surface area contributed by atoms with Crippen molar-refractivity contribution in [3.8, 4) is 11.5 Å². The maximum absolute atomic E-state index is 12.4. The number of piperidine rings is 1. The highest BCUT2D eigenvalue weighted by Gasteiger charge is 2.26. The van der Waals surface area contributed by atoms with Crippen molar-refractivity contribution in [3.63, 3.8) is 0 Å². The summed E-state index contributed by atoms with van der Waals surface area (Å²) < 4.78 is 21.7. The van der Waals surface area contributed by atoms with Crippen LogP contribution in [0.3, 0.4) is 0 Å². The molecule has 3 heterocycles. The van der Waals surface area contributed by atoms with Gasteiger partial charge in [-0.05, 0) is 44.8 Å². The van der Waals surface area contributed by atoms with Gasteiger partial charge in [-0.25, -0.2) is 0 Å². The van der Waals surface area contributed by atoms with E-state index < -0.39 is 0 Å². The van der Waals surface area contributed by atoms with E-state index in [1.54, 1.807) is 20.3 Å². The molecule has 2 aliphatic heterocycles. The molecule has 2 saturated heterocycles. The molecule has 1 atom stereocenters. The van der Waals surface area contributed by atoms with E-state index in [2.05, 4.69) is 21.4 Å². The highest BCUT2D eigenvalue weighted by Crippen LogP contribution is 2.33. The van der Waals surface area contributed by atoms with E-state index in [9.17, 15) is 4.79 Å². The number of carbonyl (C=O) groups excluding carboxylic acids is 1. The summed E-state index contributed by atoms with van der Waals surface area (Å²) in [5.41, 5.74) is 1.98. The van der Waals surface area contributed by atoms with Gasteiger partial charge >= 0.3 is 0 Å². The molecule has 8 heteroatoms. The van der Waals surface area contributed by atoms with Crippen LogP contribution in [0.1, 0.15) is 53.4 Å². The minimum atomic E-state index is -0.211. The molecule has 4 rings (SSSR count). The van der Waals surface area contributed by atoms with Gasteiger partial charge in [0.05, 0.1) is 32.6 Å². The number of benzene rings is 1. The standard InChI is InChI=1S/C23H31N3O5/c1-28-20-7-3-5-17(22(20)29-2)14-26-10-8-16(9-11-26)19-13-21(31-25-19)23(27)24-18-6-4-12-30-15-18/h3,5,7,13,16,18H,4,6,8-12,14-15H2,1-2H3,(H,24,27)/t18-/m0/s1. The summed E-state index contributed by atoms with van der Waals surface area (Å²) in [4.78, 5) is 14.9. The molecule has 0 radical (unpaired) electrons. The zero-order chi connectivity index (χ0) is 21.6. The van der Waals surface area contributed by atoms with Crippen LogP contribution >= 0.6 is 0 Å². The highest BCUT2D eigenvalue weighted by molar-refractivity contribution is 5.91. The molecular formula is C23H31N3O5. The maximum Gasteiger partial charge on any atom is 0.290 e. The first-order chi connectivity index (χ1) is 15.2. The van der Waals surface area contributed by atoms with Crippen molar-refractivity contribution in [3.05, 3.63) is 41.3 Å². The lowest BCUT2D eigenvalue weighted by Gasteiger charge is -2.31. The van der Waals surface area contributed by atoms with Gasteiger partial charge in [0.15, 0.2) is 11.5 Å². The summed E-state index contributed by atoms with van der Waals surface area (Å²) in [5.74, 6) is 1.92. The van der Waals surface area contributed by atoms with Gasteiger partial charge in [0.1, 0.15) is 0 Å². The number of likely N-dealkylation sites (tertiary alicyclic amines) is 1. The van der Waals surface area contributed by atoms with Crippen LogP contribution in [0.5, 0.6) is 11.5 Å². The smallest absolute Gasteiger partial charge is 0.290 e. The largest absolute Gasteiger partial charge is 0.493 e. The van der Waals surface area contributed by atoms with E-state index in [-0.39, 0.29) is 17.7 Å². The fourth-order valence-electron chi connectivity index (χ4n) is 4.41. The first-order valence-electron chi connectivity index (χ1n) is 11.0. The Hall–Kier alpha value is -2.58. The Labute approximate surface area is 182 Å². The lowest BCUT2D eigenvalue weighted by Crippen LogP contribution is -2.40. The predicted octanol–water partition coefficient (Wildman–Crippen LogP) is 2.98. The normalized spacial score (nSPS) is 20.4. The van der Waals surface area contributed by atoms with Crippen LogP contribution < -0.4 is 14.8 Å². The Morgan fingerprint density at radius 2 is 2.06 bits per heavy atom. The van der Waals surface area contributed by atoms with E-state index in [1.165, 1.54) is 0 Å². The molecule has 1 amide bonds. The first-order valence-corrected chi connectivity index (χ1v) is 11.0. The second-order valence-corrected chi connectivity index (χ2v) is 8.21. The number of ether oxygens (including phenoxy) is 3. The van der Waals surface area contributed by atoms with Gasteiger partial charge in [-0.1, -0.05) is 17.3 Å². The average molecular weight is 430 g/mol. The van der Waals surface area contributed by atoms with Crippen molar-refractivity contribution in [1.29, 1.82) is 0 Å². The highest BCUT2D eigenvalue weighted by atomic mass is 16.5. The van der Waals surface area contributed by atoms with E-state index in [1.807, 2.05) is 12.1 Å². The number of hydrogen-bond donors (Lipinski definition) is 1. The molecule has 31 heavy (non-hydrogen) atoms. The average Bonchev–Trinajstić information content (AvgIpc) is 3.30. The number of methoxy groups -OCH3 is 2. The van der Waals surface area contributed by atoms with Crippen LogP contribution in [0, 0.1) is 0 Å². The summed E-state index contributed by atoms with van der Waals surface area (Å²) in [6.45, 7) is 4.02. The third-order valence-corrected chi connectivity index (χ3v) is 6.13. The van der Waals surface area contributed by atoms with E-state index >= 15 is 0 Å². The van der Waals surface area contributed by atoms with E-state index in [4.69, 9.17) is 18.7 Å². The molecule has 1 N–H and O–H groups in total. The van der Waals surface area contributed by atoms with Gasteiger partial charge in [-0.15, -0.1) is 0 Å². The van der Waals surface area contributed by atoms with Gasteiger partial charge in [0.25, 0.3) is 5.91 Å². The lowest BCUT2D eigenvalue weighted by molar-refractivity contribution is 0.0608. The Morgan fingerprint density at radius 3 is 2.77 bits per heavy atom. The minimum Gasteiger partial charge on any atom is -0.493 e. The molecule has 2 aromatic rings. The van der Waals surface area contributed by atoms with Gasteiger partial charge in [-0.3, -0.25) is 9.69 Å².